The highest BCUT2D eigenvalue weighted by Gasteiger charge is 2.54. The van der Waals surface area contributed by atoms with Gasteiger partial charge in [-0.15, -0.1) is 0 Å². The van der Waals surface area contributed by atoms with Gasteiger partial charge in [-0.2, -0.15) is 0 Å². The first-order valence-electron chi connectivity index (χ1n) is 9.63. The van der Waals surface area contributed by atoms with E-state index < -0.39 is 11.6 Å². The van der Waals surface area contributed by atoms with Crippen LogP contribution in [0.5, 0.6) is 11.5 Å². The second-order valence-electron chi connectivity index (χ2n) is 7.19. The van der Waals surface area contributed by atoms with Crippen LogP contribution in [0.25, 0.3) is 0 Å². The maximum Gasteiger partial charge on any atom is 0.325 e. The number of methoxy groups -OCH3 is 2. The van der Waals surface area contributed by atoms with E-state index in [4.69, 9.17) is 14.2 Å². The Bertz CT molecular complexity index is 841. The Morgan fingerprint density at radius 3 is 2.00 bits per heavy atom. The van der Waals surface area contributed by atoms with Crippen molar-refractivity contribution in [2.45, 2.75) is 24.5 Å². The van der Waals surface area contributed by atoms with E-state index >= 15 is 0 Å². The predicted octanol–water partition coefficient (Wildman–Crippen LogP) is 2.68. The molecular weight excluding hydrogens is 372 g/mol. The maximum absolute atomic E-state index is 13.7. The van der Waals surface area contributed by atoms with E-state index in [1.54, 1.807) is 62.8 Å². The molecule has 1 atom stereocenters. The number of nitrogens with zero attached hydrogens (tertiary/aromatic N) is 1. The SMILES string of the molecule is COc1ccc(C2(c3ccc(OC)cc3)NC(=O)N(CC3CCCO3)C2=O)cc1. The summed E-state index contributed by atoms with van der Waals surface area (Å²) < 4.78 is 16.1. The van der Waals surface area contributed by atoms with Gasteiger partial charge in [0.25, 0.3) is 5.91 Å². The van der Waals surface area contributed by atoms with Crippen molar-refractivity contribution in [3.8, 4) is 11.5 Å². The molecule has 29 heavy (non-hydrogen) atoms. The number of rotatable bonds is 6. The van der Waals surface area contributed by atoms with Crippen molar-refractivity contribution in [2.75, 3.05) is 27.4 Å². The summed E-state index contributed by atoms with van der Waals surface area (Å²) >= 11 is 0. The van der Waals surface area contributed by atoms with Gasteiger partial charge < -0.3 is 19.5 Å². The Labute approximate surface area is 169 Å². The number of urea groups is 1. The lowest BCUT2D eigenvalue weighted by Crippen LogP contribution is -2.45. The van der Waals surface area contributed by atoms with E-state index in [2.05, 4.69) is 5.32 Å². The molecule has 7 nitrogen and oxygen atoms in total. The molecule has 0 radical (unpaired) electrons. The summed E-state index contributed by atoms with van der Waals surface area (Å²) in [6.07, 6.45) is 1.66. The van der Waals surface area contributed by atoms with E-state index in [1.165, 1.54) is 4.90 Å². The van der Waals surface area contributed by atoms with Gasteiger partial charge >= 0.3 is 6.03 Å². The van der Waals surface area contributed by atoms with E-state index in [1.807, 2.05) is 0 Å². The molecule has 2 saturated heterocycles. The van der Waals surface area contributed by atoms with Gasteiger partial charge in [-0.05, 0) is 48.2 Å². The van der Waals surface area contributed by atoms with Crippen molar-refractivity contribution < 1.29 is 23.8 Å². The molecule has 0 aliphatic carbocycles. The van der Waals surface area contributed by atoms with Crippen molar-refractivity contribution in [3.05, 3.63) is 59.7 Å². The van der Waals surface area contributed by atoms with Crippen molar-refractivity contribution in [3.63, 3.8) is 0 Å². The van der Waals surface area contributed by atoms with Gasteiger partial charge in [0, 0.05) is 6.61 Å². The molecule has 4 rings (SSSR count). The standard InChI is InChI=1S/C22H24N2O5/c1-27-17-9-5-15(6-10-17)22(16-7-11-18(28-2)12-8-16)20(25)24(21(26)23-22)14-19-4-3-13-29-19/h5-12,19H,3-4,13-14H2,1-2H3,(H,23,26). The number of benzene rings is 2. The van der Waals surface area contributed by atoms with E-state index in [-0.39, 0.29) is 18.6 Å². The second kappa shape index (κ2) is 7.75. The molecule has 2 heterocycles. The zero-order chi connectivity index (χ0) is 20.4. The van der Waals surface area contributed by atoms with Crippen LogP contribution >= 0.6 is 0 Å². The lowest BCUT2D eigenvalue weighted by atomic mass is 9.82. The number of nitrogens with one attached hydrogen (secondary N) is 1. The number of carbonyl (C=O) groups is 2. The predicted molar refractivity (Wildman–Crippen MR) is 106 cm³/mol. The number of hydrogen-bond acceptors (Lipinski definition) is 5. The molecular formula is C22H24N2O5. The minimum absolute atomic E-state index is 0.118. The molecule has 7 heteroatoms. The van der Waals surface area contributed by atoms with Gasteiger partial charge in [-0.1, -0.05) is 24.3 Å². The third-order valence-corrected chi connectivity index (χ3v) is 5.56. The van der Waals surface area contributed by atoms with Crippen LogP contribution in [0, 0.1) is 0 Å². The molecule has 2 aliphatic rings. The van der Waals surface area contributed by atoms with Crippen LogP contribution in [0.4, 0.5) is 4.79 Å². The highest BCUT2D eigenvalue weighted by atomic mass is 16.5. The molecule has 0 bridgehead atoms. The Hall–Kier alpha value is -3.06. The molecule has 1 N–H and O–H groups in total. The van der Waals surface area contributed by atoms with Gasteiger partial charge in [0.05, 0.1) is 26.9 Å². The zero-order valence-corrected chi connectivity index (χ0v) is 16.5. The molecule has 2 aromatic carbocycles. The largest absolute Gasteiger partial charge is 0.497 e. The van der Waals surface area contributed by atoms with Crippen molar-refractivity contribution in [1.29, 1.82) is 0 Å². The molecule has 2 aromatic rings. The summed E-state index contributed by atoms with van der Waals surface area (Å²) in [6, 6.07) is 13.9. The Balaban J connectivity index is 1.77. The number of hydrogen-bond donors (Lipinski definition) is 1. The average molecular weight is 396 g/mol. The number of carbonyl (C=O) groups excluding carboxylic acids is 2. The normalized spacial score (nSPS) is 20.6. The number of ether oxygens (including phenoxy) is 3. The lowest BCUT2D eigenvalue weighted by molar-refractivity contribution is -0.131. The van der Waals surface area contributed by atoms with Crippen LogP contribution in [0.3, 0.4) is 0 Å². The zero-order valence-electron chi connectivity index (χ0n) is 16.5. The van der Waals surface area contributed by atoms with Crippen molar-refractivity contribution >= 4 is 11.9 Å². The Morgan fingerprint density at radius 1 is 1.00 bits per heavy atom. The van der Waals surface area contributed by atoms with Crippen LogP contribution in [0.15, 0.2) is 48.5 Å². The number of amides is 3. The summed E-state index contributed by atoms with van der Waals surface area (Å²) in [4.78, 5) is 27.8. The lowest BCUT2D eigenvalue weighted by Gasteiger charge is -2.28. The molecule has 152 valence electrons. The fraction of sp³-hybridized carbons (Fsp3) is 0.364. The quantitative estimate of drug-likeness (QED) is 0.760. The van der Waals surface area contributed by atoms with Crippen LogP contribution in [0.2, 0.25) is 0 Å². The highest BCUT2D eigenvalue weighted by molar-refractivity contribution is 6.09. The summed E-state index contributed by atoms with van der Waals surface area (Å²) in [5.41, 5.74) is 0.0159. The van der Waals surface area contributed by atoms with Crippen molar-refractivity contribution in [1.82, 2.24) is 10.2 Å². The molecule has 0 spiro atoms. The molecule has 0 saturated carbocycles. The van der Waals surface area contributed by atoms with E-state index in [9.17, 15) is 9.59 Å². The minimum Gasteiger partial charge on any atom is -0.497 e. The summed E-state index contributed by atoms with van der Waals surface area (Å²) in [7, 11) is 3.17. The first kappa shape index (κ1) is 19.3. The van der Waals surface area contributed by atoms with Gasteiger partial charge in [0.2, 0.25) is 0 Å². The Kier molecular flexibility index (Phi) is 5.15. The molecule has 3 amide bonds. The van der Waals surface area contributed by atoms with E-state index in [0.29, 0.717) is 29.2 Å². The monoisotopic (exact) mass is 396 g/mol. The first-order chi connectivity index (χ1) is 14.1. The van der Waals surface area contributed by atoms with Gasteiger partial charge in [-0.3, -0.25) is 9.69 Å². The third kappa shape index (κ3) is 3.31. The summed E-state index contributed by atoms with van der Waals surface area (Å²) in [6.45, 7) is 0.912. The molecule has 2 aliphatic heterocycles. The van der Waals surface area contributed by atoms with Crippen LogP contribution in [0.1, 0.15) is 24.0 Å². The second-order valence-corrected chi connectivity index (χ2v) is 7.19. The van der Waals surface area contributed by atoms with Crippen LogP contribution in [-0.4, -0.2) is 50.3 Å². The maximum atomic E-state index is 13.7. The fourth-order valence-electron chi connectivity index (χ4n) is 3.97. The molecule has 1 unspecified atom stereocenters. The van der Waals surface area contributed by atoms with Gasteiger partial charge in [0.15, 0.2) is 5.54 Å². The van der Waals surface area contributed by atoms with E-state index in [0.717, 1.165) is 12.8 Å². The van der Waals surface area contributed by atoms with Crippen molar-refractivity contribution in [2.24, 2.45) is 0 Å². The summed E-state index contributed by atoms with van der Waals surface area (Å²) in [5.74, 6) is 1.03. The van der Waals surface area contributed by atoms with Gasteiger partial charge in [0.1, 0.15) is 11.5 Å². The third-order valence-electron chi connectivity index (χ3n) is 5.56. The molecule has 0 aromatic heterocycles. The topological polar surface area (TPSA) is 77.1 Å². The fourth-order valence-corrected chi connectivity index (χ4v) is 3.97. The smallest absolute Gasteiger partial charge is 0.325 e. The average Bonchev–Trinajstić information content (AvgIpc) is 3.36. The Morgan fingerprint density at radius 2 is 1.55 bits per heavy atom. The first-order valence-corrected chi connectivity index (χ1v) is 9.63. The van der Waals surface area contributed by atoms with Gasteiger partial charge in [-0.25, -0.2) is 4.79 Å². The number of imide groups is 1. The van der Waals surface area contributed by atoms with Crippen LogP contribution < -0.4 is 14.8 Å². The minimum atomic E-state index is -1.31. The van der Waals surface area contributed by atoms with Crippen LogP contribution in [-0.2, 0) is 15.1 Å². The highest BCUT2D eigenvalue weighted by Crippen LogP contribution is 2.38. The summed E-state index contributed by atoms with van der Waals surface area (Å²) in [5, 5.41) is 2.95. The molecule has 2 fully saturated rings.